The van der Waals surface area contributed by atoms with Gasteiger partial charge >= 0.3 is 22.5 Å². The van der Waals surface area contributed by atoms with Crippen LogP contribution in [-0.2, 0) is 14.9 Å². The Balaban J connectivity index is 2.47. The van der Waals surface area contributed by atoms with Gasteiger partial charge in [-0.15, -0.1) is 0 Å². The van der Waals surface area contributed by atoms with E-state index in [0.717, 1.165) is 7.11 Å². The van der Waals surface area contributed by atoms with Gasteiger partial charge in [0.25, 0.3) is 0 Å². The van der Waals surface area contributed by atoms with Crippen LogP contribution in [0, 0.1) is 0 Å². The Morgan fingerprint density at radius 3 is 2.42 bits per heavy atom. The first kappa shape index (κ1) is 16.0. The molecule has 112 valence electrons. The standard InChI is InChI=1S/C8H14F3N3O4S/c1-18-7(15)14-19(16,17)13-5-2-3-6(12-4-5)8(9,10)11/h5-6,12-13H,2-4H2,1H3,(H,14,15). The molecule has 3 N–H and O–H groups in total. The highest BCUT2D eigenvalue weighted by Crippen LogP contribution is 2.26. The van der Waals surface area contributed by atoms with Gasteiger partial charge in [-0.1, -0.05) is 0 Å². The number of ether oxygens (including phenoxy) is 1. The van der Waals surface area contributed by atoms with Gasteiger partial charge in [-0.3, -0.25) is 0 Å². The summed E-state index contributed by atoms with van der Waals surface area (Å²) in [7, 11) is -3.15. The Hall–Kier alpha value is -1.07. The summed E-state index contributed by atoms with van der Waals surface area (Å²) in [6.45, 7) is -0.174. The molecule has 0 saturated carbocycles. The molecule has 1 rings (SSSR count). The molecule has 0 radical (unpaired) electrons. The van der Waals surface area contributed by atoms with Crippen LogP contribution in [0.25, 0.3) is 0 Å². The number of nitrogens with one attached hydrogen (secondary N) is 3. The van der Waals surface area contributed by atoms with Crippen LogP contribution in [0.1, 0.15) is 12.8 Å². The summed E-state index contributed by atoms with van der Waals surface area (Å²) < 4.78 is 67.5. The van der Waals surface area contributed by atoms with E-state index in [-0.39, 0.29) is 19.4 Å². The van der Waals surface area contributed by atoms with Crippen molar-refractivity contribution in [3.8, 4) is 0 Å². The molecule has 1 saturated heterocycles. The van der Waals surface area contributed by atoms with Crippen molar-refractivity contribution in [2.24, 2.45) is 0 Å². The molecular weight excluding hydrogens is 291 g/mol. The average Bonchev–Trinajstić information content (AvgIpc) is 2.27. The number of piperidine rings is 1. The van der Waals surface area contributed by atoms with Crippen LogP contribution in [0.15, 0.2) is 0 Å². The molecule has 11 heteroatoms. The number of amides is 1. The van der Waals surface area contributed by atoms with E-state index in [1.165, 1.54) is 0 Å². The molecule has 0 spiro atoms. The largest absolute Gasteiger partial charge is 0.452 e. The second kappa shape index (κ2) is 5.92. The summed E-state index contributed by atoms with van der Waals surface area (Å²) in [5, 5.41) is 2.20. The van der Waals surface area contributed by atoms with Crippen molar-refractivity contribution in [1.29, 1.82) is 0 Å². The lowest BCUT2D eigenvalue weighted by atomic mass is 10.0. The number of carbonyl (C=O) groups is 1. The number of carbonyl (C=O) groups excluding carboxylic acids is 1. The zero-order chi connectivity index (χ0) is 14.7. The molecule has 2 unspecified atom stereocenters. The first-order valence-corrected chi connectivity index (χ1v) is 6.80. The molecule has 0 aromatic carbocycles. The van der Waals surface area contributed by atoms with Gasteiger partial charge in [0, 0.05) is 12.6 Å². The van der Waals surface area contributed by atoms with Crippen molar-refractivity contribution in [2.45, 2.75) is 31.1 Å². The van der Waals surface area contributed by atoms with Gasteiger partial charge < -0.3 is 10.1 Å². The summed E-state index contributed by atoms with van der Waals surface area (Å²) in [6.07, 6.45) is -5.76. The maximum atomic E-state index is 12.3. The topological polar surface area (TPSA) is 96.5 Å². The van der Waals surface area contributed by atoms with Gasteiger partial charge in [0.05, 0.1) is 7.11 Å². The highest BCUT2D eigenvalue weighted by molar-refractivity contribution is 7.88. The smallest absolute Gasteiger partial charge is 0.421 e. The van der Waals surface area contributed by atoms with Crippen LogP contribution in [0.5, 0.6) is 0 Å². The quantitative estimate of drug-likeness (QED) is 0.674. The van der Waals surface area contributed by atoms with Crippen molar-refractivity contribution in [2.75, 3.05) is 13.7 Å². The molecule has 0 bridgehead atoms. The van der Waals surface area contributed by atoms with E-state index in [0.29, 0.717) is 0 Å². The van der Waals surface area contributed by atoms with Gasteiger partial charge in [-0.25, -0.2) is 9.52 Å². The predicted octanol–water partition coefficient (Wildman–Crippen LogP) is -0.140. The molecule has 0 aliphatic carbocycles. The Morgan fingerprint density at radius 1 is 1.37 bits per heavy atom. The van der Waals surface area contributed by atoms with Crippen LogP contribution in [-0.4, -0.2) is 46.4 Å². The van der Waals surface area contributed by atoms with E-state index in [9.17, 15) is 26.4 Å². The van der Waals surface area contributed by atoms with E-state index in [4.69, 9.17) is 0 Å². The van der Waals surface area contributed by atoms with Crippen LogP contribution < -0.4 is 14.8 Å². The third-order valence-corrected chi connectivity index (χ3v) is 3.61. The number of methoxy groups -OCH3 is 1. The summed E-state index contributed by atoms with van der Waals surface area (Å²) in [4.78, 5) is 10.7. The van der Waals surface area contributed by atoms with Gasteiger partial charge in [-0.05, 0) is 12.8 Å². The lowest BCUT2D eigenvalue weighted by molar-refractivity contribution is -0.160. The van der Waals surface area contributed by atoms with E-state index in [1.807, 2.05) is 0 Å². The first-order chi connectivity index (χ1) is 8.64. The Bertz CT molecular complexity index is 417. The third kappa shape index (κ3) is 5.20. The molecule has 1 fully saturated rings. The van der Waals surface area contributed by atoms with Crippen molar-refractivity contribution in [3.05, 3.63) is 0 Å². The minimum atomic E-state index is -4.35. The SMILES string of the molecule is COC(=O)NS(=O)(=O)NC1CCC(C(F)(F)F)NC1. The van der Waals surface area contributed by atoms with Crippen LogP contribution in [0.2, 0.25) is 0 Å². The zero-order valence-electron chi connectivity index (χ0n) is 9.95. The van der Waals surface area contributed by atoms with E-state index >= 15 is 0 Å². The average molecular weight is 305 g/mol. The molecule has 0 aromatic heterocycles. The van der Waals surface area contributed by atoms with Gasteiger partial charge in [0.1, 0.15) is 6.04 Å². The first-order valence-electron chi connectivity index (χ1n) is 5.32. The Labute approximate surface area is 108 Å². The number of hydrogen-bond acceptors (Lipinski definition) is 5. The summed E-state index contributed by atoms with van der Waals surface area (Å²) in [6, 6.07) is -2.36. The van der Waals surface area contributed by atoms with Crippen molar-refractivity contribution in [1.82, 2.24) is 14.8 Å². The Kier molecular flexibility index (Phi) is 4.98. The molecule has 2 atom stereocenters. The molecule has 19 heavy (non-hydrogen) atoms. The van der Waals surface area contributed by atoms with Gasteiger partial charge in [-0.2, -0.15) is 26.3 Å². The van der Waals surface area contributed by atoms with Gasteiger partial charge in [0.2, 0.25) is 0 Å². The summed E-state index contributed by atoms with van der Waals surface area (Å²) in [5.41, 5.74) is 0. The van der Waals surface area contributed by atoms with Crippen molar-refractivity contribution < 1.29 is 31.1 Å². The molecule has 1 aliphatic heterocycles. The normalized spacial score (nSPS) is 24.8. The van der Waals surface area contributed by atoms with Crippen LogP contribution in [0.4, 0.5) is 18.0 Å². The highest BCUT2D eigenvalue weighted by Gasteiger charge is 2.41. The summed E-state index contributed by atoms with van der Waals surface area (Å²) in [5.74, 6) is 0. The fraction of sp³-hybridized carbons (Fsp3) is 0.875. The fourth-order valence-electron chi connectivity index (χ4n) is 1.64. The lowest BCUT2D eigenvalue weighted by Gasteiger charge is -2.31. The maximum absolute atomic E-state index is 12.3. The van der Waals surface area contributed by atoms with Crippen LogP contribution >= 0.6 is 0 Å². The molecule has 1 heterocycles. The zero-order valence-corrected chi connectivity index (χ0v) is 10.8. The second-order valence-electron chi connectivity index (χ2n) is 3.99. The van der Waals surface area contributed by atoms with Gasteiger partial charge in [0.15, 0.2) is 0 Å². The van der Waals surface area contributed by atoms with E-state index in [1.54, 1.807) is 4.72 Å². The minimum Gasteiger partial charge on any atom is -0.452 e. The number of rotatable bonds is 3. The maximum Gasteiger partial charge on any atom is 0.421 e. The third-order valence-electron chi connectivity index (χ3n) is 2.53. The van der Waals surface area contributed by atoms with Crippen molar-refractivity contribution >= 4 is 16.3 Å². The van der Waals surface area contributed by atoms with Crippen molar-refractivity contribution in [3.63, 3.8) is 0 Å². The fourth-order valence-corrected chi connectivity index (χ4v) is 2.64. The van der Waals surface area contributed by atoms with E-state index < -0.39 is 34.6 Å². The Morgan fingerprint density at radius 2 is 2.00 bits per heavy atom. The lowest BCUT2D eigenvalue weighted by Crippen LogP contribution is -2.56. The van der Waals surface area contributed by atoms with Crippen LogP contribution in [0.3, 0.4) is 0 Å². The number of halogens is 3. The highest BCUT2D eigenvalue weighted by atomic mass is 32.2. The number of hydrogen-bond donors (Lipinski definition) is 3. The predicted molar refractivity (Wildman–Crippen MR) is 58.5 cm³/mol. The number of alkyl halides is 3. The second-order valence-corrected chi connectivity index (χ2v) is 5.44. The minimum absolute atomic E-state index is 0.0132. The molecular formula is C8H14F3N3O4S. The summed E-state index contributed by atoms with van der Waals surface area (Å²) >= 11 is 0. The molecule has 7 nitrogen and oxygen atoms in total. The molecule has 0 aromatic rings. The van der Waals surface area contributed by atoms with E-state index in [2.05, 4.69) is 14.8 Å². The molecule has 1 aliphatic rings. The monoisotopic (exact) mass is 305 g/mol. The molecule has 1 amide bonds.